The third-order valence-corrected chi connectivity index (χ3v) is 6.37. The molecule has 0 amide bonds. The highest BCUT2D eigenvalue weighted by molar-refractivity contribution is 5.36. The lowest BCUT2D eigenvalue weighted by molar-refractivity contribution is 0.245. The van der Waals surface area contributed by atoms with E-state index in [1.807, 2.05) is 0 Å². The summed E-state index contributed by atoms with van der Waals surface area (Å²) in [5.41, 5.74) is 8.31. The van der Waals surface area contributed by atoms with Crippen molar-refractivity contribution >= 4 is 0 Å². The Morgan fingerprint density at radius 3 is 2.41 bits per heavy atom. The average Bonchev–Trinajstić information content (AvgIpc) is 2.72. The third kappa shape index (κ3) is 6.47. The van der Waals surface area contributed by atoms with Crippen molar-refractivity contribution in [2.75, 3.05) is 6.54 Å². The van der Waals surface area contributed by atoms with E-state index in [2.05, 4.69) is 80.0 Å². The molecular weight excluding hydrogens is 352 g/mol. The van der Waals surface area contributed by atoms with Gasteiger partial charge in [-0.25, -0.2) is 0 Å². The molecule has 29 heavy (non-hydrogen) atoms. The fraction of sp³-hybridized carbons (Fsp3) is 0.481. The van der Waals surface area contributed by atoms with Crippen LogP contribution in [0.3, 0.4) is 0 Å². The van der Waals surface area contributed by atoms with E-state index in [9.17, 15) is 0 Å². The number of hydrogen-bond donors (Lipinski definition) is 1. The number of allylic oxidation sites excluding steroid dienone is 1. The average molecular weight is 391 g/mol. The normalized spacial score (nSPS) is 16.2. The zero-order valence-electron chi connectivity index (χ0n) is 18.6. The molecule has 0 spiro atoms. The van der Waals surface area contributed by atoms with E-state index in [0.29, 0.717) is 0 Å². The van der Waals surface area contributed by atoms with Crippen LogP contribution in [-0.2, 0) is 26.1 Å². The molecule has 1 saturated carbocycles. The Kier molecular flexibility index (Phi) is 7.94. The number of benzene rings is 2. The molecule has 2 aromatic carbocycles. The Hall–Kier alpha value is -2.06. The second kappa shape index (κ2) is 10.6. The Labute approximate surface area is 178 Å². The molecule has 1 N–H and O–H groups in total. The van der Waals surface area contributed by atoms with E-state index in [-0.39, 0.29) is 0 Å². The summed E-state index contributed by atoms with van der Waals surface area (Å²) in [7, 11) is 0. The van der Waals surface area contributed by atoms with E-state index in [1.165, 1.54) is 47.9 Å². The van der Waals surface area contributed by atoms with Crippen LogP contribution < -0.4 is 5.32 Å². The zero-order valence-corrected chi connectivity index (χ0v) is 18.6. The van der Waals surface area contributed by atoms with Crippen LogP contribution >= 0.6 is 0 Å². The van der Waals surface area contributed by atoms with Gasteiger partial charge in [0, 0.05) is 31.9 Å². The van der Waals surface area contributed by atoms with Gasteiger partial charge in [0.05, 0.1) is 0 Å². The van der Waals surface area contributed by atoms with E-state index in [0.717, 1.165) is 44.2 Å². The molecule has 1 aliphatic carbocycles. The Morgan fingerprint density at radius 1 is 1.10 bits per heavy atom. The molecule has 0 radical (unpaired) electrons. The molecule has 0 unspecified atom stereocenters. The van der Waals surface area contributed by atoms with Crippen LogP contribution in [0, 0.1) is 12.8 Å². The topological polar surface area (TPSA) is 15.3 Å². The fourth-order valence-electron chi connectivity index (χ4n) is 3.98. The number of fused-ring (bicyclic) bond motifs is 1. The highest BCUT2D eigenvalue weighted by Crippen LogP contribution is 2.24. The van der Waals surface area contributed by atoms with Crippen LogP contribution in [-0.4, -0.2) is 11.4 Å². The van der Waals surface area contributed by atoms with Gasteiger partial charge in [0.15, 0.2) is 0 Å². The molecule has 0 aromatic heterocycles. The predicted molar refractivity (Wildman–Crippen MR) is 125 cm³/mol. The largest absolute Gasteiger partial charge is 0.385 e. The van der Waals surface area contributed by atoms with E-state index in [1.54, 1.807) is 5.56 Å². The van der Waals surface area contributed by atoms with E-state index in [4.69, 9.17) is 0 Å². The predicted octanol–water partition coefficient (Wildman–Crippen LogP) is 6.37. The minimum atomic E-state index is 0.864. The molecule has 2 nitrogen and oxygen atoms in total. The molecule has 2 heteroatoms. The zero-order chi connectivity index (χ0) is 20.6. The Bertz CT molecular complexity index is 787. The molecule has 0 saturated heterocycles. The van der Waals surface area contributed by atoms with Gasteiger partial charge in [-0.3, -0.25) is 4.90 Å². The van der Waals surface area contributed by atoms with Crippen molar-refractivity contribution in [3.05, 3.63) is 82.6 Å². The summed E-state index contributed by atoms with van der Waals surface area (Å²) in [6.07, 6.45) is 6.61. The molecular formula is C27H38N2. The summed E-state index contributed by atoms with van der Waals surface area (Å²) in [6, 6.07) is 15.7. The van der Waals surface area contributed by atoms with E-state index >= 15 is 0 Å². The van der Waals surface area contributed by atoms with Gasteiger partial charge in [0.2, 0.25) is 0 Å². The Morgan fingerprint density at radius 2 is 1.79 bits per heavy atom. The van der Waals surface area contributed by atoms with Crippen molar-refractivity contribution in [2.24, 2.45) is 5.92 Å². The number of nitrogens with zero attached hydrogens (tertiary/aromatic N) is 1. The molecule has 1 fully saturated rings. The second-order valence-electron chi connectivity index (χ2n) is 8.84. The summed E-state index contributed by atoms with van der Waals surface area (Å²) in [5, 5.41) is 3.36. The van der Waals surface area contributed by atoms with Crippen LogP contribution in [0.5, 0.6) is 0 Å². The van der Waals surface area contributed by atoms with Crippen LogP contribution in [0.15, 0.2) is 54.7 Å². The molecule has 0 atom stereocenters. The van der Waals surface area contributed by atoms with Crippen molar-refractivity contribution in [1.82, 2.24) is 10.2 Å². The van der Waals surface area contributed by atoms with Crippen molar-refractivity contribution in [1.29, 1.82) is 0 Å². The van der Waals surface area contributed by atoms with Crippen LogP contribution in [0.25, 0.3) is 0 Å². The van der Waals surface area contributed by atoms with Crippen molar-refractivity contribution < 1.29 is 0 Å². The SMILES string of the molecule is C=C(CC)NCc1ccc(CN2CCc3c(C)cccc3C2)cc1.CC1CCC1. The monoisotopic (exact) mass is 390 g/mol. The maximum Gasteiger partial charge on any atom is 0.0397 e. The molecule has 4 rings (SSSR count). The van der Waals surface area contributed by atoms with Gasteiger partial charge in [-0.1, -0.05) is 82.2 Å². The van der Waals surface area contributed by atoms with Gasteiger partial charge in [-0.2, -0.15) is 0 Å². The standard InChI is InChI=1S/C22H28N2.C5H10/c1-4-18(3)23-14-19-8-10-20(11-9-19)15-24-13-12-22-17(2)6-5-7-21(22)16-24;1-5-3-2-4-5/h5-11,23H,3-4,12-16H2,1-2H3;5H,2-4H2,1H3. The molecule has 2 aliphatic rings. The maximum atomic E-state index is 3.99. The van der Waals surface area contributed by atoms with E-state index < -0.39 is 0 Å². The lowest BCUT2D eigenvalue weighted by Crippen LogP contribution is -2.30. The highest BCUT2D eigenvalue weighted by Gasteiger charge is 2.17. The number of hydrogen-bond acceptors (Lipinski definition) is 2. The highest BCUT2D eigenvalue weighted by atomic mass is 15.1. The van der Waals surface area contributed by atoms with Crippen LogP contribution in [0.2, 0.25) is 0 Å². The quantitative estimate of drug-likeness (QED) is 0.616. The molecule has 1 heterocycles. The van der Waals surface area contributed by atoms with Crippen molar-refractivity contribution in [3.8, 4) is 0 Å². The number of rotatable bonds is 6. The molecule has 2 aromatic rings. The summed E-state index contributed by atoms with van der Waals surface area (Å²) in [4.78, 5) is 2.55. The van der Waals surface area contributed by atoms with Crippen LogP contribution in [0.4, 0.5) is 0 Å². The maximum absolute atomic E-state index is 3.99. The lowest BCUT2D eigenvalue weighted by Gasteiger charge is -2.29. The molecule has 156 valence electrons. The molecule has 0 bridgehead atoms. The second-order valence-corrected chi connectivity index (χ2v) is 8.84. The fourth-order valence-corrected chi connectivity index (χ4v) is 3.98. The van der Waals surface area contributed by atoms with Gasteiger partial charge < -0.3 is 5.32 Å². The minimum Gasteiger partial charge on any atom is -0.385 e. The lowest BCUT2D eigenvalue weighted by atomic mass is 9.88. The Balaban J connectivity index is 0.000000419. The van der Waals surface area contributed by atoms with Crippen LogP contribution in [0.1, 0.15) is 67.3 Å². The van der Waals surface area contributed by atoms with Gasteiger partial charge in [-0.05, 0) is 53.5 Å². The minimum absolute atomic E-state index is 0.864. The first-order valence-corrected chi connectivity index (χ1v) is 11.3. The number of aryl methyl sites for hydroxylation is 1. The van der Waals surface area contributed by atoms with Crippen molar-refractivity contribution in [3.63, 3.8) is 0 Å². The van der Waals surface area contributed by atoms with Gasteiger partial charge >= 0.3 is 0 Å². The summed E-state index contributed by atoms with van der Waals surface area (Å²) < 4.78 is 0. The first-order chi connectivity index (χ1) is 14.0. The first-order valence-electron chi connectivity index (χ1n) is 11.3. The summed E-state index contributed by atoms with van der Waals surface area (Å²) >= 11 is 0. The summed E-state index contributed by atoms with van der Waals surface area (Å²) in [6.45, 7) is 14.8. The third-order valence-electron chi connectivity index (χ3n) is 6.37. The molecule has 1 aliphatic heterocycles. The first kappa shape index (κ1) is 21.6. The van der Waals surface area contributed by atoms with Crippen molar-refractivity contribution in [2.45, 2.75) is 72.5 Å². The number of nitrogens with one attached hydrogen (secondary N) is 1. The van der Waals surface area contributed by atoms with Gasteiger partial charge in [0.1, 0.15) is 0 Å². The van der Waals surface area contributed by atoms with Gasteiger partial charge in [-0.15, -0.1) is 0 Å². The summed E-state index contributed by atoms with van der Waals surface area (Å²) in [5.74, 6) is 1.06. The smallest absolute Gasteiger partial charge is 0.0397 e. The van der Waals surface area contributed by atoms with Gasteiger partial charge in [0.25, 0.3) is 0 Å².